The highest BCUT2D eigenvalue weighted by Gasteiger charge is 2.25. The Morgan fingerprint density at radius 2 is 0.896 bits per heavy atom. The number of aromatic nitrogens is 1. The Labute approximate surface area is 274 Å². The number of benzene rings is 9. The number of rotatable bonds is 2. The van der Waals surface area contributed by atoms with Crippen LogP contribution in [-0.4, -0.2) is 4.40 Å². The second kappa shape index (κ2) is 8.70. The Morgan fingerprint density at radius 1 is 0.354 bits per heavy atom. The smallest absolute Gasteiger partial charge is 0.152 e. The van der Waals surface area contributed by atoms with Gasteiger partial charge in [-0.15, -0.1) is 0 Å². The second-order valence-corrected chi connectivity index (χ2v) is 13.2. The lowest BCUT2D eigenvalue weighted by Gasteiger charge is -2.24. The molecule has 48 heavy (non-hydrogen) atoms. The molecule has 3 aromatic heterocycles. The molecule has 0 spiro atoms. The first kappa shape index (κ1) is 24.8. The monoisotopic (exact) mass is 607 g/mol. The molecule has 0 atom stereocenters. The Kier molecular flexibility index (Phi) is 4.49. The fourth-order valence-electron chi connectivity index (χ4n) is 9.04. The molecule has 0 aliphatic rings. The highest BCUT2D eigenvalue weighted by atomic mass is 16.3. The van der Waals surface area contributed by atoms with Crippen molar-refractivity contribution in [2.24, 2.45) is 0 Å². The van der Waals surface area contributed by atoms with E-state index in [0.29, 0.717) is 0 Å². The second-order valence-electron chi connectivity index (χ2n) is 13.2. The zero-order chi connectivity index (χ0) is 31.1. The number of fused-ring (bicyclic) bond motifs is 4. The van der Waals surface area contributed by atoms with Crippen LogP contribution >= 0.6 is 0 Å². The van der Waals surface area contributed by atoms with Gasteiger partial charge in [0, 0.05) is 21.5 Å². The molecule has 0 saturated heterocycles. The van der Waals surface area contributed by atoms with E-state index in [1.54, 1.807) is 0 Å². The summed E-state index contributed by atoms with van der Waals surface area (Å²) >= 11 is 0. The summed E-state index contributed by atoms with van der Waals surface area (Å²) in [6.45, 7) is 0. The van der Waals surface area contributed by atoms with Gasteiger partial charge in [-0.1, -0.05) is 140 Å². The maximum absolute atomic E-state index is 7.03. The summed E-state index contributed by atoms with van der Waals surface area (Å²) in [5.41, 5.74) is 10.3. The number of nitrogens with zero attached hydrogens (tertiary/aromatic N) is 1. The molecular weight excluding hydrogens is 583 g/mol. The van der Waals surface area contributed by atoms with E-state index in [2.05, 4.69) is 156 Å². The normalized spacial score (nSPS) is 12.6. The van der Waals surface area contributed by atoms with E-state index in [1.807, 2.05) is 0 Å². The zero-order valence-electron chi connectivity index (χ0n) is 25.8. The molecule has 0 bridgehead atoms. The molecule has 0 aliphatic heterocycles. The van der Waals surface area contributed by atoms with Crippen molar-refractivity contribution in [3.63, 3.8) is 0 Å². The first-order valence-corrected chi connectivity index (χ1v) is 16.6. The van der Waals surface area contributed by atoms with E-state index < -0.39 is 0 Å². The molecule has 0 aliphatic carbocycles. The molecule has 3 heterocycles. The van der Waals surface area contributed by atoms with Crippen molar-refractivity contribution in [1.29, 1.82) is 0 Å². The third kappa shape index (κ3) is 2.91. The SMILES string of the molecule is c1ccc(-c2c3ccccc3c(-c3cc4oc5ccc6cccc7c8cccc9c%10cccc3c%10c4n(c89)c5c67)c3ccccc23)cc1. The van der Waals surface area contributed by atoms with Crippen LogP contribution in [0.4, 0.5) is 0 Å². The lowest BCUT2D eigenvalue weighted by molar-refractivity contribution is 0.656. The highest BCUT2D eigenvalue weighted by Crippen LogP contribution is 2.50. The van der Waals surface area contributed by atoms with Crippen LogP contribution in [-0.2, 0) is 0 Å². The van der Waals surface area contributed by atoms with Crippen molar-refractivity contribution in [1.82, 2.24) is 4.40 Å². The molecule has 0 saturated carbocycles. The van der Waals surface area contributed by atoms with Crippen molar-refractivity contribution < 1.29 is 4.42 Å². The fraction of sp³-hybridized carbons (Fsp3) is 0. The van der Waals surface area contributed by atoms with Crippen LogP contribution in [0.2, 0.25) is 0 Å². The third-order valence-electron chi connectivity index (χ3n) is 10.9. The van der Waals surface area contributed by atoms with Gasteiger partial charge in [-0.2, -0.15) is 0 Å². The van der Waals surface area contributed by atoms with Gasteiger partial charge in [0.15, 0.2) is 11.2 Å². The number of para-hydroxylation sites is 1. The minimum absolute atomic E-state index is 0.900. The maximum atomic E-state index is 7.03. The van der Waals surface area contributed by atoms with Crippen LogP contribution in [0.3, 0.4) is 0 Å². The predicted molar refractivity (Wildman–Crippen MR) is 203 cm³/mol. The van der Waals surface area contributed by atoms with Gasteiger partial charge >= 0.3 is 0 Å². The molecule has 2 nitrogen and oxygen atoms in total. The molecule has 0 amide bonds. The lowest BCUT2D eigenvalue weighted by Crippen LogP contribution is -2.03. The van der Waals surface area contributed by atoms with Crippen LogP contribution in [0.1, 0.15) is 0 Å². The maximum Gasteiger partial charge on any atom is 0.152 e. The summed E-state index contributed by atoms with van der Waals surface area (Å²) in [7, 11) is 0. The third-order valence-corrected chi connectivity index (χ3v) is 10.9. The van der Waals surface area contributed by atoms with Crippen LogP contribution < -0.4 is 0 Å². The number of hydrogen-bond donors (Lipinski definition) is 0. The van der Waals surface area contributed by atoms with Crippen molar-refractivity contribution in [2.45, 2.75) is 0 Å². The average molecular weight is 608 g/mol. The van der Waals surface area contributed by atoms with E-state index in [1.165, 1.54) is 92.4 Å². The summed E-state index contributed by atoms with van der Waals surface area (Å²) in [4.78, 5) is 0. The van der Waals surface area contributed by atoms with Gasteiger partial charge in [0.1, 0.15) is 0 Å². The van der Waals surface area contributed by atoms with Crippen molar-refractivity contribution in [3.8, 4) is 22.3 Å². The Balaban J connectivity index is 1.35. The van der Waals surface area contributed by atoms with Crippen LogP contribution in [0.15, 0.2) is 156 Å². The van der Waals surface area contributed by atoms with Gasteiger partial charge in [0.05, 0.1) is 16.6 Å². The summed E-state index contributed by atoms with van der Waals surface area (Å²) < 4.78 is 9.54. The van der Waals surface area contributed by atoms with Crippen LogP contribution in [0.25, 0.3) is 115 Å². The van der Waals surface area contributed by atoms with E-state index >= 15 is 0 Å². The Morgan fingerprint density at radius 3 is 1.60 bits per heavy atom. The number of pyridine rings is 2. The molecule has 0 unspecified atom stereocenters. The van der Waals surface area contributed by atoms with Gasteiger partial charge in [-0.05, 0) is 77.5 Å². The Bertz CT molecular complexity index is 3210. The first-order chi connectivity index (χ1) is 23.8. The molecule has 0 N–H and O–H groups in total. The average Bonchev–Trinajstić information content (AvgIpc) is 3.15. The van der Waals surface area contributed by atoms with Gasteiger partial charge < -0.3 is 8.82 Å². The van der Waals surface area contributed by atoms with Gasteiger partial charge in [0.2, 0.25) is 0 Å². The van der Waals surface area contributed by atoms with E-state index in [-0.39, 0.29) is 0 Å². The van der Waals surface area contributed by atoms with Gasteiger partial charge in [0.25, 0.3) is 0 Å². The molecule has 12 rings (SSSR count). The standard InChI is InChI=1S/C46H25NO/c1-2-11-26(12-3-1)40-28-14-4-6-16-30(28)42(31-17-7-5-15-29(31)40)37-25-39-46-43-33(19-9-20-34(37)43)36-22-10-21-35-32-18-8-13-27-23-24-38(48-39)45(41(27)32)47(46)44(35)36/h1-25H. The predicted octanol–water partition coefficient (Wildman–Crippen LogP) is 13.0. The van der Waals surface area contributed by atoms with Crippen molar-refractivity contribution >= 4 is 92.4 Å². The molecule has 2 heteroatoms. The minimum Gasteiger partial charge on any atom is -0.453 e. The van der Waals surface area contributed by atoms with E-state index in [4.69, 9.17) is 4.42 Å². The fourth-order valence-corrected chi connectivity index (χ4v) is 9.04. The molecule has 220 valence electrons. The number of hydrogen-bond acceptors (Lipinski definition) is 1. The van der Waals surface area contributed by atoms with Crippen molar-refractivity contribution in [3.05, 3.63) is 152 Å². The summed E-state index contributed by atoms with van der Waals surface area (Å²) in [6.07, 6.45) is 0. The van der Waals surface area contributed by atoms with Gasteiger partial charge in [-0.25, -0.2) is 0 Å². The largest absolute Gasteiger partial charge is 0.453 e. The minimum atomic E-state index is 0.900. The summed E-state index contributed by atoms with van der Waals surface area (Å²) in [5.74, 6) is 0. The molecule has 0 radical (unpaired) electrons. The molecular formula is C46H25NO. The molecule has 0 fully saturated rings. The molecule has 12 aromatic rings. The molecule has 9 aromatic carbocycles. The van der Waals surface area contributed by atoms with Gasteiger partial charge in [-0.3, -0.25) is 0 Å². The first-order valence-electron chi connectivity index (χ1n) is 16.6. The van der Waals surface area contributed by atoms with Crippen LogP contribution in [0.5, 0.6) is 0 Å². The van der Waals surface area contributed by atoms with E-state index in [9.17, 15) is 0 Å². The quantitative estimate of drug-likeness (QED) is 0.141. The van der Waals surface area contributed by atoms with E-state index in [0.717, 1.165) is 22.2 Å². The zero-order valence-corrected chi connectivity index (χ0v) is 25.8. The summed E-state index contributed by atoms with van der Waals surface area (Å²) in [6, 6.07) is 55.6. The lowest BCUT2D eigenvalue weighted by atomic mass is 9.84. The summed E-state index contributed by atoms with van der Waals surface area (Å²) in [5, 5.41) is 15.0. The highest BCUT2D eigenvalue weighted by molar-refractivity contribution is 6.34. The Hall–Kier alpha value is -6.38. The van der Waals surface area contributed by atoms with Crippen LogP contribution in [0, 0.1) is 0 Å². The topological polar surface area (TPSA) is 17.6 Å². The van der Waals surface area contributed by atoms with Crippen molar-refractivity contribution in [2.75, 3.05) is 0 Å².